The molecule has 4 N–H and O–H groups in total. The summed E-state index contributed by atoms with van der Waals surface area (Å²) in [4.78, 5) is 16.8. The van der Waals surface area contributed by atoms with Gasteiger partial charge in [-0.2, -0.15) is 0 Å². The molecule has 154 valence electrons. The predicted molar refractivity (Wildman–Crippen MR) is 117 cm³/mol. The minimum Gasteiger partial charge on any atom is -0.359 e. The molecule has 0 unspecified atom stereocenters. The number of hydrogen-bond donors (Lipinski definition) is 3. The highest BCUT2D eigenvalue weighted by Crippen LogP contribution is 2.29. The van der Waals surface area contributed by atoms with Gasteiger partial charge in [-0.05, 0) is 48.7 Å². The Hall–Kier alpha value is -3.30. The van der Waals surface area contributed by atoms with Crippen LogP contribution in [-0.2, 0) is 16.4 Å². The number of sulfonamides is 1. The molecule has 3 aromatic heterocycles. The van der Waals surface area contributed by atoms with E-state index in [1.54, 1.807) is 18.3 Å². The van der Waals surface area contributed by atoms with Crippen LogP contribution in [0.1, 0.15) is 24.5 Å². The molecule has 0 aliphatic carbocycles. The summed E-state index contributed by atoms with van der Waals surface area (Å²) >= 11 is 0. The number of anilines is 2. The maximum Gasteiger partial charge on any atom is 0.238 e. The lowest BCUT2D eigenvalue weighted by Gasteiger charge is -2.08. The minimum atomic E-state index is -3.79. The van der Waals surface area contributed by atoms with E-state index in [0.29, 0.717) is 17.3 Å². The van der Waals surface area contributed by atoms with Gasteiger partial charge in [-0.15, -0.1) is 0 Å². The fourth-order valence-corrected chi connectivity index (χ4v) is 3.96. The summed E-state index contributed by atoms with van der Waals surface area (Å²) in [5, 5.41) is 8.24. The van der Waals surface area contributed by atoms with Gasteiger partial charge < -0.3 is 10.3 Å². The van der Waals surface area contributed by atoms with Crippen molar-refractivity contribution in [2.24, 2.45) is 5.14 Å². The summed E-state index contributed by atoms with van der Waals surface area (Å²) in [7, 11) is -3.79. The maximum absolute atomic E-state index is 11.6. The van der Waals surface area contributed by atoms with Crippen molar-refractivity contribution in [3.63, 3.8) is 0 Å². The number of pyridine rings is 1. The molecule has 0 aliphatic heterocycles. The molecule has 0 atom stereocenters. The zero-order valence-corrected chi connectivity index (χ0v) is 17.5. The summed E-state index contributed by atoms with van der Waals surface area (Å²) in [5.41, 5.74) is 6.39. The second kappa shape index (κ2) is 7.85. The fraction of sp³-hybridized carbons (Fsp3) is 0.190. The Labute approximate surface area is 174 Å². The summed E-state index contributed by atoms with van der Waals surface area (Å²) in [6.45, 7) is 4.25. The van der Waals surface area contributed by atoms with Crippen LogP contribution in [0.4, 0.5) is 11.6 Å². The number of fused-ring (bicyclic) bond motifs is 1. The molecular formula is C21H22N6O2S. The Kier molecular flexibility index (Phi) is 5.23. The molecule has 4 aromatic rings. The first kappa shape index (κ1) is 20.0. The topological polar surface area (TPSA) is 127 Å². The van der Waals surface area contributed by atoms with Crippen molar-refractivity contribution in [1.29, 1.82) is 0 Å². The molecule has 0 aliphatic rings. The van der Waals surface area contributed by atoms with Crippen LogP contribution in [-0.4, -0.2) is 28.4 Å². The van der Waals surface area contributed by atoms with Crippen LogP contribution in [0.15, 0.2) is 53.8 Å². The van der Waals surface area contributed by atoms with Gasteiger partial charge in [0, 0.05) is 29.8 Å². The van der Waals surface area contributed by atoms with Crippen molar-refractivity contribution >= 4 is 32.7 Å². The molecule has 0 saturated carbocycles. The average molecular weight is 423 g/mol. The van der Waals surface area contributed by atoms with Crippen LogP contribution in [0.5, 0.6) is 0 Å². The number of hydrogen-bond acceptors (Lipinski definition) is 6. The normalized spacial score (nSPS) is 11.7. The van der Waals surface area contributed by atoms with E-state index in [1.165, 1.54) is 23.3 Å². The summed E-state index contributed by atoms with van der Waals surface area (Å²) in [6, 6.07) is 8.01. The SMILES string of the molecule is CCCc1cnc2c(-c3ccnc(Nc4cccc(S(N)(=O)=O)c4)n3)c[nH]c2c1C. The summed E-state index contributed by atoms with van der Waals surface area (Å²) in [5.74, 6) is 0.341. The summed E-state index contributed by atoms with van der Waals surface area (Å²) < 4.78 is 23.1. The first-order valence-corrected chi connectivity index (χ1v) is 11.1. The number of H-pyrrole nitrogens is 1. The van der Waals surface area contributed by atoms with Gasteiger partial charge in [0.25, 0.3) is 0 Å². The third-order valence-corrected chi connectivity index (χ3v) is 5.84. The van der Waals surface area contributed by atoms with Crippen LogP contribution in [0, 0.1) is 6.92 Å². The van der Waals surface area contributed by atoms with Gasteiger partial charge in [-0.1, -0.05) is 19.4 Å². The van der Waals surface area contributed by atoms with Gasteiger partial charge in [-0.25, -0.2) is 23.5 Å². The van der Waals surface area contributed by atoms with Crippen LogP contribution in [0.3, 0.4) is 0 Å². The lowest BCUT2D eigenvalue weighted by molar-refractivity contribution is 0.598. The van der Waals surface area contributed by atoms with E-state index in [-0.39, 0.29) is 4.90 Å². The third kappa shape index (κ3) is 3.89. The van der Waals surface area contributed by atoms with Crippen LogP contribution >= 0.6 is 0 Å². The Morgan fingerprint density at radius 3 is 2.80 bits per heavy atom. The molecule has 1 aromatic carbocycles. The van der Waals surface area contributed by atoms with Gasteiger partial charge in [-0.3, -0.25) is 4.98 Å². The summed E-state index contributed by atoms with van der Waals surface area (Å²) in [6.07, 6.45) is 7.52. The van der Waals surface area contributed by atoms with Crippen LogP contribution in [0.2, 0.25) is 0 Å². The molecule has 0 amide bonds. The molecule has 4 rings (SSSR count). The lowest BCUT2D eigenvalue weighted by atomic mass is 10.0. The Balaban J connectivity index is 1.68. The number of benzene rings is 1. The Morgan fingerprint density at radius 1 is 1.20 bits per heavy atom. The van der Waals surface area contributed by atoms with Gasteiger partial charge >= 0.3 is 0 Å². The fourth-order valence-electron chi connectivity index (χ4n) is 3.40. The molecule has 0 radical (unpaired) electrons. The van der Waals surface area contributed by atoms with E-state index < -0.39 is 10.0 Å². The highest BCUT2D eigenvalue weighted by Gasteiger charge is 2.14. The Morgan fingerprint density at radius 2 is 2.03 bits per heavy atom. The van der Waals surface area contributed by atoms with Crippen LogP contribution < -0.4 is 10.5 Å². The van der Waals surface area contributed by atoms with E-state index in [4.69, 9.17) is 5.14 Å². The van der Waals surface area contributed by atoms with E-state index in [9.17, 15) is 8.42 Å². The number of rotatable bonds is 6. The largest absolute Gasteiger partial charge is 0.359 e. The second-order valence-electron chi connectivity index (χ2n) is 7.05. The van der Waals surface area contributed by atoms with Gasteiger partial charge in [0.2, 0.25) is 16.0 Å². The molecular weight excluding hydrogens is 400 g/mol. The predicted octanol–water partition coefficient (Wildman–Crippen LogP) is 3.67. The number of nitrogens with one attached hydrogen (secondary N) is 2. The number of nitrogens with zero attached hydrogens (tertiary/aromatic N) is 3. The zero-order valence-electron chi connectivity index (χ0n) is 16.7. The molecule has 0 saturated heterocycles. The average Bonchev–Trinajstić information content (AvgIpc) is 3.15. The van der Waals surface area contributed by atoms with E-state index in [1.807, 2.05) is 18.5 Å². The van der Waals surface area contributed by atoms with Gasteiger partial charge in [0.15, 0.2) is 0 Å². The molecule has 8 nitrogen and oxygen atoms in total. The highest BCUT2D eigenvalue weighted by molar-refractivity contribution is 7.89. The quantitative estimate of drug-likeness (QED) is 0.435. The minimum absolute atomic E-state index is 0.0165. The van der Waals surface area contributed by atoms with Crippen molar-refractivity contribution in [2.45, 2.75) is 31.6 Å². The third-order valence-electron chi connectivity index (χ3n) is 4.93. The molecule has 9 heteroatoms. The van der Waals surface area contributed by atoms with Crippen molar-refractivity contribution in [1.82, 2.24) is 19.9 Å². The number of primary sulfonamides is 1. The van der Waals surface area contributed by atoms with Gasteiger partial charge in [0.05, 0.1) is 21.6 Å². The van der Waals surface area contributed by atoms with Crippen molar-refractivity contribution < 1.29 is 8.42 Å². The number of aromatic amines is 1. The van der Waals surface area contributed by atoms with Crippen molar-refractivity contribution in [3.05, 3.63) is 60.0 Å². The van der Waals surface area contributed by atoms with E-state index >= 15 is 0 Å². The van der Waals surface area contributed by atoms with Gasteiger partial charge in [0.1, 0.15) is 0 Å². The Bertz CT molecular complexity index is 1330. The molecule has 0 bridgehead atoms. The zero-order chi connectivity index (χ0) is 21.3. The molecule has 3 heterocycles. The van der Waals surface area contributed by atoms with E-state index in [0.717, 1.165) is 29.4 Å². The number of nitrogens with two attached hydrogens (primary N) is 1. The maximum atomic E-state index is 11.6. The highest BCUT2D eigenvalue weighted by atomic mass is 32.2. The lowest BCUT2D eigenvalue weighted by Crippen LogP contribution is -2.12. The van der Waals surface area contributed by atoms with Crippen molar-refractivity contribution in [2.75, 3.05) is 5.32 Å². The monoisotopic (exact) mass is 422 g/mol. The van der Waals surface area contributed by atoms with Crippen LogP contribution in [0.25, 0.3) is 22.3 Å². The number of aromatic nitrogens is 4. The van der Waals surface area contributed by atoms with Crippen molar-refractivity contribution in [3.8, 4) is 11.3 Å². The first-order valence-electron chi connectivity index (χ1n) is 9.55. The smallest absolute Gasteiger partial charge is 0.238 e. The first-order chi connectivity index (χ1) is 14.4. The number of aryl methyl sites for hydroxylation is 2. The molecule has 0 fully saturated rings. The standard InChI is InChI=1S/C21H22N6O2S/c1-3-5-14-11-24-20-17(12-25-19(20)13(14)2)18-8-9-23-21(27-18)26-15-6-4-7-16(10-15)30(22,28)29/h4,6-12,25H,3,5H2,1-2H3,(H2,22,28,29)(H,23,26,27). The van der Waals surface area contributed by atoms with E-state index in [2.05, 4.69) is 39.1 Å². The molecule has 30 heavy (non-hydrogen) atoms. The second-order valence-corrected chi connectivity index (χ2v) is 8.61. The molecule has 0 spiro atoms.